The summed E-state index contributed by atoms with van der Waals surface area (Å²) in [5.74, 6) is -0.524. The lowest BCUT2D eigenvalue weighted by Gasteiger charge is -2.05. The van der Waals surface area contributed by atoms with Crippen LogP contribution in [-0.4, -0.2) is 38.1 Å². The highest BCUT2D eigenvalue weighted by Gasteiger charge is 2.14. The molecule has 1 amide bonds. The van der Waals surface area contributed by atoms with Gasteiger partial charge in [-0.1, -0.05) is 6.07 Å². The van der Waals surface area contributed by atoms with Crippen molar-refractivity contribution in [3.63, 3.8) is 0 Å². The summed E-state index contributed by atoms with van der Waals surface area (Å²) in [5.41, 5.74) is 0.516. The standard InChI is InChI=1S/C15H18N4O4/c1-17-13-5-4-11(9-14(13)19(21)22)8-12(10-16)15(20)18-6-3-7-23-2/h4-5,8-9,17H,3,6-7H2,1-2H3,(H,18,20)/b12-8+. The summed E-state index contributed by atoms with van der Waals surface area (Å²) in [5, 5.41) is 25.4. The van der Waals surface area contributed by atoms with Crippen LogP contribution < -0.4 is 10.6 Å². The van der Waals surface area contributed by atoms with Crippen LogP contribution in [0.5, 0.6) is 0 Å². The summed E-state index contributed by atoms with van der Waals surface area (Å²) in [7, 11) is 3.14. The highest BCUT2D eigenvalue weighted by Crippen LogP contribution is 2.26. The van der Waals surface area contributed by atoms with Gasteiger partial charge in [0.05, 0.1) is 4.92 Å². The monoisotopic (exact) mass is 318 g/mol. The summed E-state index contributed by atoms with van der Waals surface area (Å²) in [6.07, 6.45) is 1.95. The molecule has 1 aromatic rings. The van der Waals surface area contributed by atoms with Gasteiger partial charge in [-0.25, -0.2) is 0 Å². The largest absolute Gasteiger partial charge is 0.385 e. The first-order valence-electron chi connectivity index (χ1n) is 6.88. The van der Waals surface area contributed by atoms with Crippen molar-refractivity contribution in [1.29, 1.82) is 5.26 Å². The molecule has 0 spiro atoms. The van der Waals surface area contributed by atoms with E-state index in [-0.39, 0.29) is 11.3 Å². The molecule has 0 aliphatic heterocycles. The van der Waals surface area contributed by atoms with Crippen molar-refractivity contribution in [2.45, 2.75) is 6.42 Å². The first-order valence-corrected chi connectivity index (χ1v) is 6.88. The molecule has 0 aliphatic rings. The molecule has 0 bridgehead atoms. The second-order valence-corrected chi connectivity index (χ2v) is 4.56. The number of anilines is 1. The molecule has 1 aromatic carbocycles. The topological polar surface area (TPSA) is 117 Å². The van der Waals surface area contributed by atoms with Gasteiger partial charge in [-0.05, 0) is 24.1 Å². The van der Waals surface area contributed by atoms with Crippen LogP contribution in [0.1, 0.15) is 12.0 Å². The molecule has 0 unspecified atom stereocenters. The first-order chi connectivity index (χ1) is 11.0. The lowest BCUT2D eigenvalue weighted by atomic mass is 10.1. The van der Waals surface area contributed by atoms with E-state index in [1.54, 1.807) is 26.3 Å². The van der Waals surface area contributed by atoms with Gasteiger partial charge in [-0.3, -0.25) is 14.9 Å². The van der Waals surface area contributed by atoms with Gasteiger partial charge in [0.15, 0.2) is 0 Å². The Morgan fingerprint density at radius 2 is 2.26 bits per heavy atom. The maximum atomic E-state index is 11.9. The molecule has 2 N–H and O–H groups in total. The number of nitrogens with one attached hydrogen (secondary N) is 2. The third-order valence-corrected chi connectivity index (χ3v) is 2.97. The number of carbonyl (C=O) groups is 1. The van der Waals surface area contributed by atoms with Crippen LogP contribution >= 0.6 is 0 Å². The van der Waals surface area contributed by atoms with Crippen LogP contribution in [0.25, 0.3) is 6.08 Å². The van der Waals surface area contributed by atoms with Crippen molar-refractivity contribution >= 4 is 23.4 Å². The van der Waals surface area contributed by atoms with Gasteiger partial charge in [0.25, 0.3) is 11.6 Å². The number of hydrogen-bond donors (Lipinski definition) is 2. The fourth-order valence-electron chi connectivity index (χ4n) is 1.83. The van der Waals surface area contributed by atoms with Crippen molar-refractivity contribution in [3.8, 4) is 6.07 Å². The molecule has 0 aromatic heterocycles. The molecule has 0 saturated heterocycles. The molecule has 0 heterocycles. The number of nitro benzene ring substituents is 1. The van der Waals surface area contributed by atoms with E-state index in [1.807, 2.05) is 0 Å². The van der Waals surface area contributed by atoms with E-state index in [1.165, 1.54) is 18.2 Å². The Morgan fingerprint density at radius 1 is 1.52 bits per heavy atom. The van der Waals surface area contributed by atoms with E-state index in [0.717, 1.165) is 0 Å². The van der Waals surface area contributed by atoms with Crippen LogP contribution in [0.15, 0.2) is 23.8 Å². The van der Waals surface area contributed by atoms with Crippen molar-refractivity contribution in [3.05, 3.63) is 39.4 Å². The number of ether oxygens (including phenoxy) is 1. The number of rotatable bonds is 8. The van der Waals surface area contributed by atoms with Crippen LogP contribution in [0.4, 0.5) is 11.4 Å². The fourth-order valence-corrected chi connectivity index (χ4v) is 1.83. The molecular weight excluding hydrogens is 300 g/mol. The number of carbonyl (C=O) groups excluding carboxylic acids is 1. The van der Waals surface area contributed by atoms with Crippen molar-refractivity contribution in [2.75, 3.05) is 32.6 Å². The Hall–Kier alpha value is -2.92. The van der Waals surface area contributed by atoms with E-state index in [4.69, 9.17) is 10.00 Å². The summed E-state index contributed by atoms with van der Waals surface area (Å²) in [6.45, 7) is 0.883. The molecule has 0 fully saturated rings. The first kappa shape index (κ1) is 18.1. The third kappa shape index (κ3) is 5.41. The Balaban J connectivity index is 2.94. The summed E-state index contributed by atoms with van der Waals surface area (Å²) in [4.78, 5) is 22.4. The molecule has 0 aliphatic carbocycles. The van der Waals surface area contributed by atoms with E-state index in [0.29, 0.717) is 30.8 Å². The lowest BCUT2D eigenvalue weighted by Crippen LogP contribution is -2.26. The van der Waals surface area contributed by atoms with Gasteiger partial charge >= 0.3 is 0 Å². The Kier molecular flexibility index (Phi) is 7.23. The average Bonchev–Trinajstić information content (AvgIpc) is 2.56. The minimum atomic E-state index is -0.528. The predicted molar refractivity (Wildman–Crippen MR) is 85.7 cm³/mol. The molecule has 122 valence electrons. The smallest absolute Gasteiger partial charge is 0.292 e. The normalized spacial score (nSPS) is 10.7. The van der Waals surface area contributed by atoms with Gasteiger partial charge in [-0.2, -0.15) is 5.26 Å². The zero-order chi connectivity index (χ0) is 17.2. The lowest BCUT2D eigenvalue weighted by molar-refractivity contribution is -0.384. The fraction of sp³-hybridized carbons (Fsp3) is 0.333. The predicted octanol–water partition coefficient (Wildman–Crippen LogP) is 1.70. The highest BCUT2D eigenvalue weighted by atomic mass is 16.6. The van der Waals surface area contributed by atoms with Crippen molar-refractivity contribution < 1.29 is 14.5 Å². The Bertz CT molecular complexity index is 649. The maximum absolute atomic E-state index is 11.9. The number of nitrogens with zero attached hydrogens (tertiary/aromatic N) is 2. The van der Waals surface area contributed by atoms with Crippen molar-refractivity contribution in [2.24, 2.45) is 0 Å². The minimum absolute atomic E-state index is 0.117. The molecule has 1 rings (SSSR count). The number of methoxy groups -OCH3 is 1. The minimum Gasteiger partial charge on any atom is -0.385 e. The van der Waals surface area contributed by atoms with Crippen molar-refractivity contribution in [1.82, 2.24) is 5.32 Å². The van der Waals surface area contributed by atoms with E-state index >= 15 is 0 Å². The van der Waals surface area contributed by atoms with Crippen LogP contribution in [-0.2, 0) is 9.53 Å². The van der Waals surface area contributed by atoms with Crippen LogP contribution in [0.3, 0.4) is 0 Å². The molecular formula is C15H18N4O4. The second-order valence-electron chi connectivity index (χ2n) is 4.56. The van der Waals surface area contributed by atoms with Gasteiger partial charge in [0, 0.05) is 33.4 Å². The SMILES string of the molecule is CNc1ccc(/C=C(\C#N)C(=O)NCCCOC)cc1[N+](=O)[O-]. The average molecular weight is 318 g/mol. The van der Waals surface area contributed by atoms with Crippen LogP contribution in [0.2, 0.25) is 0 Å². The zero-order valence-electron chi connectivity index (χ0n) is 13.0. The summed E-state index contributed by atoms with van der Waals surface area (Å²) in [6, 6.07) is 6.22. The number of nitriles is 1. The van der Waals surface area contributed by atoms with E-state index in [9.17, 15) is 14.9 Å². The number of benzene rings is 1. The Morgan fingerprint density at radius 3 is 2.83 bits per heavy atom. The van der Waals surface area contributed by atoms with Gasteiger partial charge in [-0.15, -0.1) is 0 Å². The van der Waals surface area contributed by atoms with E-state index < -0.39 is 10.8 Å². The summed E-state index contributed by atoms with van der Waals surface area (Å²) >= 11 is 0. The van der Waals surface area contributed by atoms with Gasteiger partial charge in [0.1, 0.15) is 17.3 Å². The number of amides is 1. The highest BCUT2D eigenvalue weighted by molar-refractivity contribution is 6.01. The number of hydrogen-bond acceptors (Lipinski definition) is 6. The third-order valence-electron chi connectivity index (χ3n) is 2.97. The molecule has 0 radical (unpaired) electrons. The molecule has 0 saturated carbocycles. The Labute approximate surface area is 133 Å². The van der Waals surface area contributed by atoms with Gasteiger partial charge < -0.3 is 15.4 Å². The molecule has 8 nitrogen and oxygen atoms in total. The van der Waals surface area contributed by atoms with E-state index in [2.05, 4.69) is 10.6 Å². The second kappa shape index (κ2) is 9.17. The van der Waals surface area contributed by atoms with Crippen LogP contribution in [0, 0.1) is 21.4 Å². The molecule has 8 heteroatoms. The number of nitro groups is 1. The maximum Gasteiger partial charge on any atom is 0.292 e. The molecule has 23 heavy (non-hydrogen) atoms. The quantitative estimate of drug-likeness (QED) is 0.248. The summed E-state index contributed by atoms with van der Waals surface area (Å²) < 4.78 is 4.86. The van der Waals surface area contributed by atoms with Gasteiger partial charge in [0.2, 0.25) is 0 Å². The zero-order valence-corrected chi connectivity index (χ0v) is 13.0. The molecule has 0 atom stereocenters.